The predicted molar refractivity (Wildman–Crippen MR) is 93.4 cm³/mol. The first-order chi connectivity index (χ1) is 11.4. The smallest absolute Gasteiger partial charge is 0.263 e. The third kappa shape index (κ3) is 3.38. The van der Waals surface area contributed by atoms with Gasteiger partial charge >= 0.3 is 0 Å². The van der Waals surface area contributed by atoms with Gasteiger partial charge in [-0.2, -0.15) is 9.78 Å². The molecule has 0 saturated carbocycles. The molecule has 24 heavy (non-hydrogen) atoms. The van der Waals surface area contributed by atoms with Crippen LogP contribution in [0.25, 0.3) is 5.82 Å². The average Bonchev–Trinajstić information content (AvgIpc) is 2.88. The van der Waals surface area contributed by atoms with Crippen molar-refractivity contribution in [2.45, 2.75) is 11.8 Å². The lowest BCUT2D eigenvalue weighted by Crippen LogP contribution is -2.16. The highest BCUT2D eigenvalue weighted by atomic mass is 35.5. The van der Waals surface area contributed by atoms with E-state index in [-0.39, 0.29) is 21.6 Å². The Morgan fingerprint density at radius 1 is 1.12 bits per heavy atom. The Labute approximate surface area is 149 Å². The molecule has 0 aliphatic rings. The molecular formula is C15H12Cl2N4O2S. The molecule has 6 nitrogen and oxygen atoms in total. The van der Waals surface area contributed by atoms with Crippen molar-refractivity contribution in [1.82, 2.24) is 14.8 Å². The van der Waals surface area contributed by atoms with Crippen LogP contribution < -0.4 is 4.72 Å². The van der Waals surface area contributed by atoms with Gasteiger partial charge in [0.25, 0.3) is 10.0 Å². The Bertz CT molecular complexity index is 988. The van der Waals surface area contributed by atoms with Gasteiger partial charge in [-0.05, 0) is 25.1 Å². The van der Waals surface area contributed by atoms with Crippen molar-refractivity contribution in [3.63, 3.8) is 0 Å². The van der Waals surface area contributed by atoms with Crippen molar-refractivity contribution in [1.29, 1.82) is 0 Å². The second-order valence-electron chi connectivity index (χ2n) is 4.96. The van der Waals surface area contributed by atoms with E-state index < -0.39 is 10.0 Å². The fraction of sp³-hybridized carbons (Fsp3) is 0.0667. The molecule has 1 N–H and O–H groups in total. The molecule has 2 heterocycles. The maximum atomic E-state index is 12.5. The lowest BCUT2D eigenvalue weighted by atomic mass is 10.4. The van der Waals surface area contributed by atoms with E-state index in [0.29, 0.717) is 10.7 Å². The van der Waals surface area contributed by atoms with Gasteiger partial charge in [-0.25, -0.2) is 13.4 Å². The summed E-state index contributed by atoms with van der Waals surface area (Å²) in [7, 11) is -3.76. The minimum absolute atomic E-state index is 0.144. The van der Waals surface area contributed by atoms with E-state index in [1.807, 2.05) is 0 Å². The number of anilines is 1. The molecule has 0 atom stereocenters. The molecule has 0 amide bonds. The molecule has 3 aromatic rings. The highest BCUT2D eigenvalue weighted by Gasteiger charge is 2.19. The number of hydrogen-bond donors (Lipinski definition) is 1. The molecule has 9 heteroatoms. The molecule has 3 rings (SSSR count). The van der Waals surface area contributed by atoms with E-state index in [0.717, 1.165) is 0 Å². The number of halogens is 2. The number of aromatic nitrogens is 3. The van der Waals surface area contributed by atoms with Crippen LogP contribution in [0.1, 0.15) is 5.69 Å². The third-order valence-corrected chi connectivity index (χ3v) is 4.97. The average molecular weight is 383 g/mol. The Balaban J connectivity index is 2.04. The first kappa shape index (κ1) is 16.8. The van der Waals surface area contributed by atoms with Crippen molar-refractivity contribution < 1.29 is 8.42 Å². The van der Waals surface area contributed by atoms with E-state index in [2.05, 4.69) is 14.8 Å². The van der Waals surface area contributed by atoms with Gasteiger partial charge in [0.05, 0.1) is 20.6 Å². The maximum absolute atomic E-state index is 12.5. The van der Waals surface area contributed by atoms with Gasteiger partial charge in [0.2, 0.25) is 0 Å². The van der Waals surface area contributed by atoms with Crippen LogP contribution in [0, 0.1) is 6.92 Å². The van der Waals surface area contributed by atoms with Crippen molar-refractivity contribution >= 4 is 39.0 Å². The number of nitrogens with zero attached hydrogens (tertiary/aromatic N) is 3. The molecule has 0 saturated heterocycles. The van der Waals surface area contributed by atoms with Gasteiger partial charge in [0.1, 0.15) is 5.82 Å². The summed E-state index contributed by atoms with van der Waals surface area (Å²) in [6.45, 7) is 1.74. The molecular weight excluding hydrogens is 371 g/mol. The lowest BCUT2D eigenvalue weighted by Gasteiger charge is -2.11. The zero-order valence-corrected chi connectivity index (χ0v) is 14.8. The maximum Gasteiger partial charge on any atom is 0.263 e. The summed E-state index contributed by atoms with van der Waals surface area (Å²) in [5.74, 6) is 0.507. The first-order valence-corrected chi connectivity index (χ1v) is 9.07. The van der Waals surface area contributed by atoms with Crippen LogP contribution in [0.5, 0.6) is 0 Å². The van der Waals surface area contributed by atoms with Crippen LogP contribution in [0.3, 0.4) is 0 Å². The van der Waals surface area contributed by atoms with Gasteiger partial charge in [-0.15, -0.1) is 0 Å². The molecule has 0 aliphatic heterocycles. The highest BCUT2D eigenvalue weighted by Crippen LogP contribution is 2.26. The summed E-state index contributed by atoms with van der Waals surface area (Å²) < 4.78 is 28.8. The van der Waals surface area contributed by atoms with Crippen LogP contribution in [0.4, 0.5) is 5.82 Å². The molecule has 2 aromatic heterocycles. The lowest BCUT2D eigenvalue weighted by molar-refractivity contribution is 0.600. The summed E-state index contributed by atoms with van der Waals surface area (Å²) in [5, 5.41) is 4.88. The summed E-state index contributed by atoms with van der Waals surface area (Å²) in [6.07, 6.45) is 1.41. The minimum atomic E-state index is -3.76. The highest BCUT2D eigenvalue weighted by molar-refractivity contribution is 7.92. The zero-order chi connectivity index (χ0) is 17.3. The van der Waals surface area contributed by atoms with Crippen molar-refractivity contribution in [3.8, 4) is 5.82 Å². The monoisotopic (exact) mass is 382 g/mol. The van der Waals surface area contributed by atoms with Gasteiger partial charge in [-0.3, -0.25) is 4.72 Å². The van der Waals surface area contributed by atoms with Crippen LogP contribution in [-0.2, 0) is 10.0 Å². The van der Waals surface area contributed by atoms with Crippen LogP contribution in [0.2, 0.25) is 10.0 Å². The van der Waals surface area contributed by atoms with Gasteiger partial charge in [0.15, 0.2) is 5.82 Å². The number of hydrogen-bond acceptors (Lipinski definition) is 4. The summed E-state index contributed by atoms with van der Waals surface area (Å²) in [4.78, 5) is 4.27. The standard InChI is InChI=1S/C15H12Cl2N4O2S/c1-10-7-14(20-24(22,23)12-5-3-2-4-6-12)21(19-10)15-13(17)8-11(16)9-18-15/h2-9,20H,1H3. The number of rotatable bonds is 4. The number of aryl methyl sites for hydroxylation is 1. The molecule has 1 aromatic carbocycles. The van der Waals surface area contributed by atoms with Gasteiger partial charge in [-0.1, -0.05) is 41.4 Å². The fourth-order valence-corrected chi connectivity index (χ4v) is 3.61. The number of nitrogens with one attached hydrogen (secondary N) is 1. The number of sulfonamides is 1. The predicted octanol–water partition coefficient (Wildman–Crippen LogP) is 3.68. The van der Waals surface area contributed by atoms with E-state index in [9.17, 15) is 8.42 Å². The molecule has 0 unspecified atom stereocenters. The minimum Gasteiger partial charge on any atom is -0.263 e. The first-order valence-electron chi connectivity index (χ1n) is 6.83. The molecule has 124 valence electrons. The second kappa shape index (κ2) is 6.43. The Hall–Kier alpha value is -2.09. The van der Waals surface area contributed by atoms with Crippen LogP contribution in [0.15, 0.2) is 53.6 Å². The second-order valence-corrected chi connectivity index (χ2v) is 7.49. The normalized spacial score (nSPS) is 11.5. The van der Waals surface area contributed by atoms with Crippen LogP contribution in [-0.4, -0.2) is 23.2 Å². The SMILES string of the molecule is Cc1cc(NS(=O)(=O)c2ccccc2)n(-c2ncc(Cl)cc2Cl)n1. The molecule has 0 spiro atoms. The summed E-state index contributed by atoms with van der Waals surface area (Å²) in [6, 6.07) is 11.1. The van der Waals surface area contributed by atoms with E-state index >= 15 is 0 Å². The Morgan fingerprint density at radius 2 is 1.83 bits per heavy atom. The van der Waals surface area contributed by atoms with Crippen molar-refractivity contribution in [2.75, 3.05) is 4.72 Å². The molecule has 0 bridgehead atoms. The van der Waals surface area contributed by atoms with Crippen molar-refractivity contribution in [3.05, 3.63) is 64.4 Å². The van der Waals surface area contributed by atoms with Crippen molar-refractivity contribution in [2.24, 2.45) is 0 Å². The topological polar surface area (TPSA) is 76.9 Å². The van der Waals surface area contributed by atoms with E-state index in [1.165, 1.54) is 29.1 Å². The molecule has 0 aliphatic carbocycles. The number of benzene rings is 1. The van der Waals surface area contributed by atoms with E-state index in [4.69, 9.17) is 23.2 Å². The Kier molecular flexibility index (Phi) is 4.49. The van der Waals surface area contributed by atoms with Gasteiger partial charge < -0.3 is 0 Å². The molecule has 0 radical (unpaired) electrons. The summed E-state index contributed by atoms with van der Waals surface area (Å²) >= 11 is 12.0. The van der Waals surface area contributed by atoms with Gasteiger partial charge in [0, 0.05) is 12.3 Å². The quantitative estimate of drug-likeness (QED) is 0.746. The van der Waals surface area contributed by atoms with E-state index in [1.54, 1.807) is 31.2 Å². The third-order valence-electron chi connectivity index (χ3n) is 3.11. The zero-order valence-electron chi connectivity index (χ0n) is 12.4. The number of pyridine rings is 1. The largest absolute Gasteiger partial charge is 0.263 e. The van der Waals surface area contributed by atoms with Crippen LogP contribution >= 0.6 is 23.2 Å². The Morgan fingerprint density at radius 3 is 2.50 bits per heavy atom. The molecule has 0 fully saturated rings. The summed E-state index contributed by atoms with van der Waals surface area (Å²) in [5.41, 5.74) is 0.605. The fourth-order valence-electron chi connectivity index (χ4n) is 2.09.